The molecule has 5 rings (SSSR count). The zero-order valence-electron chi connectivity index (χ0n) is 18.6. The SMILES string of the molecule is CCN1C(=O)C(C)(C)COc2cc(C3(S(=O)(=O)c4ccc(Cl)cc4)CC4CC4C3)ccc21. The predicted molar refractivity (Wildman–Crippen MR) is 125 cm³/mol. The summed E-state index contributed by atoms with van der Waals surface area (Å²) in [6.07, 6.45) is 2.33. The molecule has 2 saturated carbocycles. The number of carbonyl (C=O) groups excluding carboxylic acids is 1. The van der Waals surface area contributed by atoms with E-state index in [9.17, 15) is 13.2 Å². The van der Waals surface area contributed by atoms with Crippen molar-refractivity contribution in [1.82, 2.24) is 0 Å². The van der Waals surface area contributed by atoms with Crippen LogP contribution in [0.1, 0.15) is 45.6 Å². The van der Waals surface area contributed by atoms with E-state index in [0.29, 0.717) is 52.6 Å². The van der Waals surface area contributed by atoms with Gasteiger partial charge in [0.05, 0.1) is 16.0 Å². The molecule has 3 aliphatic rings. The number of nitrogens with zero attached hydrogens (tertiary/aromatic N) is 1. The van der Waals surface area contributed by atoms with Gasteiger partial charge in [-0.1, -0.05) is 17.7 Å². The molecule has 1 heterocycles. The molecule has 0 N–H and O–H groups in total. The smallest absolute Gasteiger partial charge is 0.236 e. The first-order valence-corrected chi connectivity index (χ1v) is 13.0. The first-order valence-electron chi connectivity index (χ1n) is 11.2. The quantitative estimate of drug-likeness (QED) is 0.611. The molecule has 2 atom stereocenters. The molecule has 2 aliphatic carbocycles. The number of halogens is 1. The maximum Gasteiger partial charge on any atom is 0.236 e. The van der Waals surface area contributed by atoms with Crippen LogP contribution in [0.15, 0.2) is 47.4 Å². The highest BCUT2D eigenvalue weighted by Crippen LogP contribution is 2.64. The van der Waals surface area contributed by atoms with Crippen LogP contribution in [-0.4, -0.2) is 27.5 Å². The minimum atomic E-state index is -3.66. The summed E-state index contributed by atoms with van der Waals surface area (Å²) in [6, 6.07) is 12.1. The second-order valence-corrected chi connectivity index (χ2v) is 12.7. The molecule has 0 radical (unpaired) electrons. The molecular weight excluding hydrogens is 446 g/mol. The Hall–Kier alpha value is -2.05. The molecule has 0 saturated heterocycles. The van der Waals surface area contributed by atoms with Crippen molar-refractivity contribution in [2.24, 2.45) is 17.3 Å². The van der Waals surface area contributed by atoms with Crippen molar-refractivity contribution in [1.29, 1.82) is 0 Å². The van der Waals surface area contributed by atoms with Crippen LogP contribution in [0, 0.1) is 17.3 Å². The molecule has 2 fully saturated rings. The number of sulfone groups is 1. The number of fused-ring (bicyclic) bond motifs is 2. The Morgan fingerprint density at radius 2 is 1.75 bits per heavy atom. The molecule has 0 spiro atoms. The molecule has 32 heavy (non-hydrogen) atoms. The average molecular weight is 474 g/mol. The van der Waals surface area contributed by atoms with Crippen molar-refractivity contribution in [2.75, 3.05) is 18.1 Å². The summed E-state index contributed by atoms with van der Waals surface area (Å²) in [7, 11) is -3.66. The largest absolute Gasteiger partial charge is 0.490 e. The number of hydrogen-bond acceptors (Lipinski definition) is 4. The summed E-state index contributed by atoms with van der Waals surface area (Å²) in [4.78, 5) is 15.1. The molecule has 0 aromatic heterocycles. The van der Waals surface area contributed by atoms with Gasteiger partial charge in [0.1, 0.15) is 17.1 Å². The van der Waals surface area contributed by atoms with E-state index in [1.165, 1.54) is 0 Å². The van der Waals surface area contributed by atoms with Gasteiger partial charge < -0.3 is 9.64 Å². The number of anilines is 1. The molecule has 2 aromatic carbocycles. The lowest BCUT2D eigenvalue weighted by Crippen LogP contribution is -2.42. The number of rotatable bonds is 4. The van der Waals surface area contributed by atoms with E-state index in [-0.39, 0.29) is 12.5 Å². The van der Waals surface area contributed by atoms with Crippen molar-refractivity contribution in [3.8, 4) is 5.75 Å². The molecule has 2 unspecified atom stereocenters. The lowest BCUT2D eigenvalue weighted by atomic mass is 9.92. The van der Waals surface area contributed by atoms with Gasteiger partial charge in [0.25, 0.3) is 0 Å². The minimum Gasteiger partial charge on any atom is -0.490 e. The summed E-state index contributed by atoms with van der Waals surface area (Å²) >= 11 is 6.02. The van der Waals surface area contributed by atoms with Gasteiger partial charge in [-0.15, -0.1) is 0 Å². The minimum absolute atomic E-state index is 0.0112. The third-order valence-corrected chi connectivity index (χ3v) is 10.1. The first kappa shape index (κ1) is 21.8. The van der Waals surface area contributed by atoms with E-state index in [2.05, 4.69) is 0 Å². The van der Waals surface area contributed by atoms with Crippen LogP contribution in [-0.2, 0) is 19.4 Å². The van der Waals surface area contributed by atoms with Crippen LogP contribution in [0.25, 0.3) is 0 Å². The van der Waals surface area contributed by atoms with Crippen LogP contribution >= 0.6 is 11.6 Å². The van der Waals surface area contributed by atoms with Gasteiger partial charge in [-0.05, 0) is 93.8 Å². The lowest BCUT2D eigenvalue weighted by Gasteiger charge is -2.32. The van der Waals surface area contributed by atoms with Crippen LogP contribution in [0.4, 0.5) is 5.69 Å². The summed E-state index contributed by atoms with van der Waals surface area (Å²) in [5.74, 6) is 1.49. The summed E-state index contributed by atoms with van der Waals surface area (Å²) in [5, 5.41) is 0.512. The van der Waals surface area contributed by atoms with E-state index in [1.54, 1.807) is 29.2 Å². The number of ether oxygens (including phenoxy) is 1. The Kier molecular flexibility index (Phi) is 4.92. The average Bonchev–Trinajstić information content (AvgIpc) is 3.40. The summed E-state index contributed by atoms with van der Waals surface area (Å²) in [5.41, 5.74) is 0.799. The van der Waals surface area contributed by atoms with Gasteiger partial charge in [-0.25, -0.2) is 8.42 Å². The van der Waals surface area contributed by atoms with Gasteiger partial charge in [0.2, 0.25) is 5.91 Å². The standard InChI is InChI=1S/C25H28ClNO4S/c1-4-27-21-10-5-18(12-22(21)31-15-24(2,3)23(27)28)25(13-16-11-17(16)14-25)32(29,30)20-8-6-19(26)7-9-20/h5-10,12,16-17H,4,11,13-15H2,1-3H3. The Balaban J connectivity index is 1.63. The molecule has 2 aromatic rings. The van der Waals surface area contributed by atoms with Crippen molar-refractivity contribution in [3.63, 3.8) is 0 Å². The Labute approximate surface area is 194 Å². The zero-order chi connectivity index (χ0) is 22.9. The Morgan fingerprint density at radius 1 is 1.09 bits per heavy atom. The van der Waals surface area contributed by atoms with Gasteiger partial charge in [-0.2, -0.15) is 0 Å². The third-order valence-electron chi connectivity index (χ3n) is 7.40. The number of amides is 1. The van der Waals surface area contributed by atoms with Gasteiger partial charge in [-0.3, -0.25) is 4.79 Å². The number of hydrogen-bond donors (Lipinski definition) is 0. The van der Waals surface area contributed by atoms with Crippen LogP contribution in [0.5, 0.6) is 5.75 Å². The highest BCUT2D eigenvalue weighted by Gasteiger charge is 2.61. The zero-order valence-corrected chi connectivity index (χ0v) is 20.2. The van der Waals surface area contributed by atoms with Crippen molar-refractivity contribution >= 4 is 33.0 Å². The van der Waals surface area contributed by atoms with Crippen molar-refractivity contribution < 1.29 is 17.9 Å². The van der Waals surface area contributed by atoms with E-state index >= 15 is 0 Å². The fraction of sp³-hybridized carbons (Fsp3) is 0.480. The van der Waals surface area contributed by atoms with E-state index < -0.39 is 20.0 Å². The van der Waals surface area contributed by atoms with E-state index in [1.807, 2.05) is 39.0 Å². The van der Waals surface area contributed by atoms with Crippen LogP contribution in [0.2, 0.25) is 5.02 Å². The number of carbonyl (C=O) groups is 1. The van der Waals surface area contributed by atoms with Crippen molar-refractivity contribution in [3.05, 3.63) is 53.1 Å². The second kappa shape index (κ2) is 7.22. The lowest BCUT2D eigenvalue weighted by molar-refractivity contribution is -0.127. The second-order valence-electron chi connectivity index (χ2n) is 10.0. The maximum atomic E-state index is 14.0. The van der Waals surface area contributed by atoms with E-state index in [4.69, 9.17) is 16.3 Å². The van der Waals surface area contributed by atoms with Gasteiger partial charge in [0, 0.05) is 11.6 Å². The predicted octanol–water partition coefficient (Wildman–Crippen LogP) is 5.21. The summed E-state index contributed by atoms with van der Waals surface area (Å²) in [6.45, 7) is 6.47. The third kappa shape index (κ3) is 3.18. The molecule has 5 nitrogen and oxygen atoms in total. The fourth-order valence-corrected chi connectivity index (χ4v) is 7.81. The Morgan fingerprint density at radius 3 is 2.38 bits per heavy atom. The van der Waals surface area contributed by atoms with Gasteiger partial charge >= 0.3 is 0 Å². The highest BCUT2D eigenvalue weighted by molar-refractivity contribution is 7.92. The molecular formula is C25H28ClNO4S. The summed E-state index contributed by atoms with van der Waals surface area (Å²) < 4.78 is 33.1. The molecule has 1 amide bonds. The highest BCUT2D eigenvalue weighted by atomic mass is 35.5. The monoisotopic (exact) mass is 473 g/mol. The molecule has 170 valence electrons. The number of benzene rings is 2. The van der Waals surface area contributed by atoms with Crippen LogP contribution < -0.4 is 9.64 Å². The van der Waals surface area contributed by atoms with Crippen LogP contribution in [0.3, 0.4) is 0 Å². The van der Waals surface area contributed by atoms with Gasteiger partial charge in [0.15, 0.2) is 9.84 Å². The topological polar surface area (TPSA) is 63.7 Å². The molecule has 7 heteroatoms. The fourth-order valence-electron chi connectivity index (χ4n) is 5.44. The maximum absolute atomic E-state index is 14.0. The first-order chi connectivity index (χ1) is 15.1. The van der Waals surface area contributed by atoms with E-state index in [0.717, 1.165) is 12.0 Å². The molecule has 1 aliphatic heterocycles. The Bertz CT molecular complexity index is 1180. The normalized spacial score (nSPS) is 28.5. The molecule has 0 bridgehead atoms. The van der Waals surface area contributed by atoms with Crippen molar-refractivity contribution in [2.45, 2.75) is 49.7 Å².